The smallest absolute Gasteiger partial charge is 0.226 e. The Hall–Kier alpha value is -1.73. The number of carbonyl (C=O) groups excluding carboxylic acids is 1. The summed E-state index contributed by atoms with van der Waals surface area (Å²) in [5.74, 6) is 1.52. The lowest BCUT2D eigenvalue weighted by Crippen LogP contribution is -2.41. The molecule has 140 valence electrons. The molecule has 0 aromatic carbocycles. The predicted octanol–water partition coefficient (Wildman–Crippen LogP) is 2.25. The standard InChI is InChI=1S/C19H27N5OS/c1-14-20-11-18-10-16(4-7-24(14)18)19(25)23-6-3-5-22(8-9-23)12-17-13-26-15(2)21-17/h11,13,16H,3-10,12H2,1-2H3. The van der Waals surface area contributed by atoms with E-state index in [1.165, 1.54) is 5.69 Å². The molecule has 0 N–H and O–H groups in total. The molecule has 0 radical (unpaired) electrons. The molecule has 0 bridgehead atoms. The van der Waals surface area contributed by atoms with Gasteiger partial charge in [0.15, 0.2) is 0 Å². The summed E-state index contributed by atoms with van der Waals surface area (Å²) in [6, 6.07) is 0. The Labute approximate surface area is 158 Å². The number of nitrogens with zero attached hydrogens (tertiary/aromatic N) is 5. The van der Waals surface area contributed by atoms with Gasteiger partial charge in [-0.2, -0.15) is 0 Å². The quantitative estimate of drug-likeness (QED) is 0.828. The van der Waals surface area contributed by atoms with Gasteiger partial charge in [0.1, 0.15) is 5.82 Å². The van der Waals surface area contributed by atoms with Gasteiger partial charge in [0.25, 0.3) is 0 Å². The first kappa shape index (κ1) is 17.7. The molecule has 2 aromatic rings. The number of fused-ring (bicyclic) bond motifs is 1. The third-order valence-corrected chi connectivity index (χ3v) is 6.42. The average Bonchev–Trinajstić information content (AvgIpc) is 3.13. The van der Waals surface area contributed by atoms with Crippen LogP contribution in [0.2, 0.25) is 0 Å². The van der Waals surface area contributed by atoms with Crippen LogP contribution in [-0.2, 0) is 24.3 Å². The Bertz CT molecular complexity index is 783. The van der Waals surface area contributed by atoms with E-state index >= 15 is 0 Å². The Morgan fingerprint density at radius 3 is 2.92 bits per heavy atom. The van der Waals surface area contributed by atoms with Crippen molar-refractivity contribution in [3.63, 3.8) is 0 Å². The fourth-order valence-corrected chi connectivity index (χ4v) is 4.76. The Balaban J connectivity index is 1.34. The van der Waals surface area contributed by atoms with Crippen LogP contribution in [-0.4, -0.2) is 56.4 Å². The first-order chi connectivity index (χ1) is 12.6. The summed E-state index contributed by atoms with van der Waals surface area (Å²) in [5.41, 5.74) is 2.37. The zero-order chi connectivity index (χ0) is 18.1. The second-order valence-electron chi connectivity index (χ2n) is 7.45. The van der Waals surface area contributed by atoms with Crippen molar-refractivity contribution in [2.75, 3.05) is 26.2 Å². The van der Waals surface area contributed by atoms with Crippen LogP contribution < -0.4 is 0 Å². The maximum Gasteiger partial charge on any atom is 0.226 e. The SMILES string of the molecule is Cc1nc(CN2CCCN(C(=O)C3CCn4c(cnc4C)C3)CC2)cs1. The van der Waals surface area contributed by atoms with Crippen molar-refractivity contribution in [3.8, 4) is 0 Å². The van der Waals surface area contributed by atoms with Crippen LogP contribution in [0.15, 0.2) is 11.6 Å². The van der Waals surface area contributed by atoms with Crippen LogP contribution in [0.3, 0.4) is 0 Å². The zero-order valence-electron chi connectivity index (χ0n) is 15.6. The number of rotatable bonds is 3. The minimum Gasteiger partial charge on any atom is -0.341 e. The number of hydrogen-bond acceptors (Lipinski definition) is 5. The molecule has 1 amide bonds. The lowest BCUT2D eigenvalue weighted by molar-refractivity contribution is -0.136. The fourth-order valence-electron chi connectivity index (χ4n) is 4.15. The van der Waals surface area contributed by atoms with Gasteiger partial charge in [0.2, 0.25) is 5.91 Å². The van der Waals surface area contributed by atoms with Crippen molar-refractivity contribution < 1.29 is 4.79 Å². The minimum absolute atomic E-state index is 0.117. The molecule has 0 aliphatic carbocycles. The number of aryl methyl sites for hydroxylation is 2. The molecule has 7 heteroatoms. The van der Waals surface area contributed by atoms with Crippen LogP contribution in [0, 0.1) is 19.8 Å². The molecule has 4 heterocycles. The van der Waals surface area contributed by atoms with E-state index < -0.39 is 0 Å². The highest BCUT2D eigenvalue weighted by Gasteiger charge is 2.30. The van der Waals surface area contributed by atoms with Gasteiger partial charge in [-0.05, 0) is 26.7 Å². The fraction of sp³-hybridized carbons (Fsp3) is 0.632. The van der Waals surface area contributed by atoms with Gasteiger partial charge in [-0.15, -0.1) is 11.3 Å². The molecule has 1 unspecified atom stereocenters. The van der Waals surface area contributed by atoms with Crippen molar-refractivity contribution in [1.29, 1.82) is 0 Å². The lowest BCUT2D eigenvalue weighted by atomic mass is 9.94. The van der Waals surface area contributed by atoms with Crippen LogP contribution >= 0.6 is 11.3 Å². The molecule has 2 aliphatic rings. The van der Waals surface area contributed by atoms with E-state index in [1.807, 2.05) is 13.1 Å². The molecule has 1 fully saturated rings. The third-order valence-electron chi connectivity index (χ3n) is 5.60. The number of carbonyl (C=O) groups is 1. The molecular formula is C19H27N5OS. The normalized spacial score (nSPS) is 21.5. The van der Waals surface area contributed by atoms with Gasteiger partial charge in [0.05, 0.1) is 10.7 Å². The summed E-state index contributed by atoms with van der Waals surface area (Å²) in [6.07, 6.45) is 4.74. The van der Waals surface area contributed by atoms with Crippen LogP contribution in [0.5, 0.6) is 0 Å². The third kappa shape index (κ3) is 3.69. The number of aromatic nitrogens is 3. The summed E-state index contributed by atoms with van der Waals surface area (Å²) in [5, 5.41) is 3.27. The molecular weight excluding hydrogens is 346 g/mol. The van der Waals surface area contributed by atoms with E-state index in [1.54, 1.807) is 11.3 Å². The lowest BCUT2D eigenvalue weighted by Gasteiger charge is -2.29. The van der Waals surface area contributed by atoms with Gasteiger partial charge < -0.3 is 9.47 Å². The predicted molar refractivity (Wildman–Crippen MR) is 102 cm³/mol. The monoisotopic (exact) mass is 373 g/mol. The Morgan fingerprint density at radius 2 is 2.12 bits per heavy atom. The van der Waals surface area contributed by atoms with E-state index in [4.69, 9.17) is 0 Å². The molecule has 2 aliphatic heterocycles. The van der Waals surface area contributed by atoms with Gasteiger partial charge in [0, 0.05) is 68.9 Å². The van der Waals surface area contributed by atoms with E-state index in [9.17, 15) is 4.79 Å². The molecule has 0 spiro atoms. The Kier molecular flexibility index (Phi) is 5.09. The van der Waals surface area contributed by atoms with Crippen molar-refractivity contribution >= 4 is 17.2 Å². The largest absolute Gasteiger partial charge is 0.341 e. The van der Waals surface area contributed by atoms with E-state index in [0.29, 0.717) is 5.91 Å². The van der Waals surface area contributed by atoms with Crippen molar-refractivity contribution in [3.05, 3.63) is 33.8 Å². The van der Waals surface area contributed by atoms with Crippen LogP contribution in [0.1, 0.15) is 35.1 Å². The molecule has 6 nitrogen and oxygen atoms in total. The highest BCUT2D eigenvalue weighted by molar-refractivity contribution is 7.09. The van der Waals surface area contributed by atoms with Crippen LogP contribution in [0.25, 0.3) is 0 Å². The molecule has 2 aromatic heterocycles. The van der Waals surface area contributed by atoms with Crippen molar-refractivity contribution in [2.24, 2.45) is 5.92 Å². The maximum absolute atomic E-state index is 13.1. The zero-order valence-corrected chi connectivity index (χ0v) is 16.5. The van der Waals surface area contributed by atoms with E-state index in [2.05, 4.69) is 36.6 Å². The van der Waals surface area contributed by atoms with Gasteiger partial charge >= 0.3 is 0 Å². The number of hydrogen-bond donors (Lipinski definition) is 0. The van der Waals surface area contributed by atoms with Gasteiger partial charge in [-0.3, -0.25) is 9.69 Å². The van der Waals surface area contributed by atoms with Crippen LogP contribution in [0.4, 0.5) is 0 Å². The molecule has 26 heavy (non-hydrogen) atoms. The second kappa shape index (κ2) is 7.48. The first-order valence-electron chi connectivity index (χ1n) is 9.53. The molecule has 1 saturated heterocycles. The summed E-state index contributed by atoms with van der Waals surface area (Å²) < 4.78 is 2.25. The number of amides is 1. The van der Waals surface area contributed by atoms with Gasteiger partial charge in [-0.25, -0.2) is 9.97 Å². The van der Waals surface area contributed by atoms with E-state index in [0.717, 1.165) is 75.1 Å². The van der Waals surface area contributed by atoms with Crippen molar-refractivity contribution in [1.82, 2.24) is 24.3 Å². The summed E-state index contributed by atoms with van der Waals surface area (Å²) in [4.78, 5) is 26.6. The molecule has 1 atom stereocenters. The molecule has 4 rings (SSSR count). The highest BCUT2D eigenvalue weighted by Crippen LogP contribution is 2.24. The first-order valence-corrected chi connectivity index (χ1v) is 10.4. The summed E-state index contributed by atoms with van der Waals surface area (Å²) >= 11 is 1.71. The number of thiazole rings is 1. The van der Waals surface area contributed by atoms with Crippen molar-refractivity contribution in [2.45, 2.75) is 46.2 Å². The summed E-state index contributed by atoms with van der Waals surface area (Å²) in [7, 11) is 0. The highest BCUT2D eigenvalue weighted by atomic mass is 32.1. The van der Waals surface area contributed by atoms with E-state index in [-0.39, 0.29) is 5.92 Å². The maximum atomic E-state index is 13.1. The second-order valence-corrected chi connectivity index (χ2v) is 8.51. The Morgan fingerprint density at radius 1 is 1.23 bits per heavy atom. The molecule has 0 saturated carbocycles. The summed E-state index contributed by atoms with van der Waals surface area (Å²) in [6.45, 7) is 9.59. The minimum atomic E-state index is 0.117. The van der Waals surface area contributed by atoms with Gasteiger partial charge in [-0.1, -0.05) is 0 Å². The number of imidazole rings is 1. The topological polar surface area (TPSA) is 54.3 Å². The average molecular weight is 374 g/mol.